The number of nitrogens with zero attached hydrogens (tertiary/aromatic N) is 2. The Morgan fingerprint density at radius 2 is 2.12 bits per heavy atom. The van der Waals surface area contributed by atoms with Gasteiger partial charge in [-0.25, -0.2) is 0 Å². The zero-order valence-corrected chi connectivity index (χ0v) is 11.1. The number of methoxy groups -OCH3 is 1. The van der Waals surface area contributed by atoms with E-state index in [-0.39, 0.29) is 0 Å². The second-order valence-electron chi connectivity index (χ2n) is 4.76. The monoisotopic (exact) mass is 241 g/mol. The van der Waals surface area contributed by atoms with Crippen molar-refractivity contribution in [3.63, 3.8) is 0 Å². The fourth-order valence-electron chi connectivity index (χ4n) is 2.16. The van der Waals surface area contributed by atoms with E-state index in [0.717, 1.165) is 58.7 Å². The number of rotatable bonds is 8. The first-order valence-corrected chi connectivity index (χ1v) is 6.56. The first-order valence-electron chi connectivity index (χ1n) is 6.56. The molecule has 1 aliphatic rings. The summed E-state index contributed by atoms with van der Waals surface area (Å²) in [6.45, 7) is 11.0. The van der Waals surface area contributed by atoms with E-state index in [1.807, 2.05) is 6.08 Å². The Balaban J connectivity index is 2.18. The van der Waals surface area contributed by atoms with Crippen molar-refractivity contribution in [1.82, 2.24) is 9.80 Å². The van der Waals surface area contributed by atoms with Crippen LogP contribution in [-0.4, -0.2) is 68.8 Å². The number of ether oxygens (including phenoxy) is 1. The molecule has 17 heavy (non-hydrogen) atoms. The lowest BCUT2D eigenvalue weighted by atomic mass is 10.1. The molecule has 0 saturated carbocycles. The van der Waals surface area contributed by atoms with Crippen molar-refractivity contribution in [2.45, 2.75) is 18.9 Å². The van der Waals surface area contributed by atoms with Gasteiger partial charge >= 0.3 is 0 Å². The van der Waals surface area contributed by atoms with Gasteiger partial charge < -0.3 is 15.4 Å². The highest BCUT2D eigenvalue weighted by molar-refractivity contribution is 4.77. The van der Waals surface area contributed by atoms with Gasteiger partial charge in [0.05, 0.1) is 6.61 Å². The highest BCUT2D eigenvalue weighted by Crippen LogP contribution is 2.07. The van der Waals surface area contributed by atoms with Crippen LogP contribution >= 0.6 is 0 Å². The van der Waals surface area contributed by atoms with E-state index in [4.69, 9.17) is 10.5 Å². The summed E-state index contributed by atoms with van der Waals surface area (Å²) >= 11 is 0. The molecule has 0 radical (unpaired) electrons. The summed E-state index contributed by atoms with van der Waals surface area (Å²) < 4.78 is 5.12. The fourth-order valence-corrected chi connectivity index (χ4v) is 2.16. The molecule has 0 aromatic rings. The molecule has 4 nitrogen and oxygen atoms in total. The van der Waals surface area contributed by atoms with Gasteiger partial charge in [-0.15, -0.1) is 6.58 Å². The molecule has 0 unspecified atom stereocenters. The molecule has 1 saturated heterocycles. The van der Waals surface area contributed by atoms with Gasteiger partial charge in [0.25, 0.3) is 0 Å². The van der Waals surface area contributed by atoms with Crippen molar-refractivity contribution in [2.24, 2.45) is 5.73 Å². The normalized spacial score (nSPS) is 18.8. The van der Waals surface area contributed by atoms with E-state index in [1.165, 1.54) is 0 Å². The molecule has 2 N–H and O–H groups in total. The third-order valence-electron chi connectivity index (χ3n) is 3.36. The van der Waals surface area contributed by atoms with Crippen LogP contribution in [0.3, 0.4) is 0 Å². The Labute approximate surface area is 105 Å². The topological polar surface area (TPSA) is 41.7 Å². The highest BCUT2D eigenvalue weighted by atomic mass is 16.5. The quantitative estimate of drug-likeness (QED) is 0.630. The minimum atomic E-state index is 0.420. The maximum Gasteiger partial charge on any atom is 0.0589 e. The van der Waals surface area contributed by atoms with E-state index in [2.05, 4.69) is 16.4 Å². The molecule has 1 aliphatic heterocycles. The molecule has 0 spiro atoms. The Morgan fingerprint density at radius 3 is 2.71 bits per heavy atom. The van der Waals surface area contributed by atoms with Gasteiger partial charge in [-0.1, -0.05) is 6.08 Å². The van der Waals surface area contributed by atoms with Crippen LogP contribution in [0.2, 0.25) is 0 Å². The van der Waals surface area contributed by atoms with Crippen molar-refractivity contribution in [3.8, 4) is 0 Å². The van der Waals surface area contributed by atoms with E-state index in [9.17, 15) is 0 Å². The Kier molecular flexibility index (Phi) is 7.44. The van der Waals surface area contributed by atoms with Crippen LogP contribution in [0.1, 0.15) is 12.8 Å². The molecule has 0 atom stereocenters. The first-order chi connectivity index (χ1) is 8.26. The molecule has 0 bridgehead atoms. The van der Waals surface area contributed by atoms with Gasteiger partial charge in [-0.3, -0.25) is 4.90 Å². The Hall–Kier alpha value is -0.420. The third-order valence-corrected chi connectivity index (χ3v) is 3.36. The summed E-state index contributed by atoms with van der Waals surface area (Å²) in [6, 6.07) is 0.420. The van der Waals surface area contributed by atoms with Crippen LogP contribution in [0.15, 0.2) is 12.7 Å². The highest BCUT2D eigenvalue weighted by Gasteiger charge is 2.16. The summed E-state index contributed by atoms with van der Waals surface area (Å²) in [6.07, 6.45) is 4.24. The summed E-state index contributed by atoms with van der Waals surface area (Å²) in [7, 11) is 1.75. The van der Waals surface area contributed by atoms with Crippen LogP contribution in [0.4, 0.5) is 0 Å². The predicted molar refractivity (Wildman–Crippen MR) is 72.2 cm³/mol. The number of piperidine rings is 1. The summed E-state index contributed by atoms with van der Waals surface area (Å²) in [5.41, 5.74) is 5.90. The van der Waals surface area contributed by atoms with Crippen molar-refractivity contribution >= 4 is 0 Å². The standard InChI is InChI=1S/C13H27N3O/c1-3-6-15(11-12-17-2)9-10-16-7-4-13(14)5-8-16/h3,13H,1,4-12,14H2,2H3. The number of hydrogen-bond donors (Lipinski definition) is 1. The molecular formula is C13H27N3O. The summed E-state index contributed by atoms with van der Waals surface area (Å²) in [5, 5.41) is 0. The lowest BCUT2D eigenvalue weighted by molar-refractivity contribution is 0.136. The zero-order valence-electron chi connectivity index (χ0n) is 11.1. The molecule has 0 amide bonds. The van der Waals surface area contributed by atoms with Crippen LogP contribution in [0.5, 0.6) is 0 Å². The van der Waals surface area contributed by atoms with Gasteiger partial charge in [-0.05, 0) is 25.9 Å². The van der Waals surface area contributed by atoms with E-state index in [1.54, 1.807) is 7.11 Å². The molecule has 0 aromatic heterocycles. The maximum atomic E-state index is 5.90. The number of nitrogens with two attached hydrogens (primary N) is 1. The van der Waals surface area contributed by atoms with Gasteiger partial charge in [0.1, 0.15) is 0 Å². The van der Waals surface area contributed by atoms with E-state index < -0.39 is 0 Å². The molecular weight excluding hydrogens is 214 g/mol. The molecule has 0 aromatic carbocycles. The molecule has 100 valence electrons. The number of likely N-dealkylation sites (tertiary alicyclic amines) is 1. The molecule has 4 heteroatoms. The van der Waals surface area contributed by atoms with Gasteiger partial charge in [-0.2, -0.15) is 0 Å². The fraction of sp³-hybridized carbons (Fsp3) is 0.846. The lowest BCUT2D eigenvalue weighted by Gasteiger charge is -2.32. The van der Waals surface area contributed by atoms with Crippen LogP contribution in [-0.2, 0) is 4.74 Å². The second-order valence-corrected chi connectivity index (χ2v) is 4.76. The Bertz CT molecular complexity index is 203. The second kappa shape index (κ2) is 8.64. The van der Waals surface area contributed by atoms with Gasteiger partial charge in [0.2, 0.25) is 0 Å². The Morgan fingerprint density at radius 1 is 1.41 bits per heavy atom. The summed E-state index contributed by atoms with van der Waals surface area (Å²) in [5.74, 6) is 0. The average molecular weight is 241 g/mol. The minimum Gasteiger partial charge on any atom is -0.383 e. The van der Waals surface area contributed by atoms with Gasteiger partial charge in [0.15, 0.2) is 0 Å². The van der Waals surface area contributed by atoms with Crippen LogP contribution in [0.25, 0.3) is 0 Å². The van der Waals surface area contributed by atoms with Crippen molar-refractivity contribution in [1.29, 1.82) is 0 Å². The van der Waals surface area contributed by atoms with Crippen molar-refractivity contribution < 1.29 is 4.74 Å². The average Bonchev–Trinajstić information content (AvgIpc) is 2.35. The van der Waals surface area contributed by atoms with E-state index in [0.29, 0.717) is 6.04 Å². The molecule has 1 fully saturated rings. The van der Waals surface area contributed by atoms with Crippen molar-refractivity contribution in [2.75, 3.05) is 53.0 Å². The van der Waals surface area contributed by atoms with Gasteiger partial charge in [0, 0.05) is 39.3 Å². The van der Waals surface area contributed by atoms with Crippen LogP contribution in [0, 0.1) is 0 Å². The molecule has 0 aliphatic carbocycles. The largest absolute Gasteiger partial charge is 0.383 e. The summed E-state index contributed by atoms with van der Waals surface area (Å²) in [4.78, 5) is 4.89. The van der Waals surface area contributed by atoms with Crippen molar-refractivity contribution in [3.05, 3.63) is 12.7 Å². The predicted octanol–water partition coefficient (Wildman–Crippen LogP) is 0.544. The smallest absolute Gasteiger partial charge is 0.0589 e. The number of hydrogen-bond acceptors (Lipinski definition) is 4. The first kappa shape index (κ1) is 14.6. The maximum absolute atomic E-state index is 5.90. The minimum absolute atomic E-state index is 0.420. The third kappa shape index (κ3) is 6.17. The SMILES string of the molecule is C=CCN(CCOC)CCN1CCC(N)CC1. The van der Waals surface area contributed by atoms with Crippen LogP contribution < -0.4 is 5.73 Å². The van der Waals surface area contributed by atoms with E-state index >= 15 is 0 Å². The molecule has 1 heterocycles. The molecule has 1 rings (SSSR count). The lowest BCUT2D eigenvalue weighted by Crippen LogP contribution is -2.43. The zero-order chi connectivity index (χ0) is 12.5.